The number of urea groups is 1. The Balaban J connectivity index is 1.68. The summed E-state index contributed by atoms with van der Waals surface area (Å²) in [4.78, 5) is 44.2. The highest BCUT2D eigenvalue weighted by atomic mass is 35.5. The summed E-state index contributed by atoms with van der Waals surface area (Å²) in [7, 11) is 5.07. The fraction of sp³-hybridized carbons (Fsp3) is 0.387. The van der Waals surface area contributed by atoms with Crippen molar-refractivity contribution in [3.05, 3.63) is 80.3 Å². The molecule has 0 aromatic heterocycles. The van der Waals surface area contributed by atoms with Crippen molar-refractivity contribution in [1.82, 2.24) is 15.1 Å². The van der Waals surface area contributed by atoms with Gasteiger partial charge in [-0.2, -0.15) is 0 Å². The van der Waals surface area contributed by atoms with Gasteiger partial charge in [0.1, 0.15) is 0 Å². The maximum Gasteiger partial charge on any atom is 0.326 e. The Labute approximate surface area is 260 Å². The summed E-state index contributed by atoms with van der Waals surface area (Å²) >= 11 is 20.0. The number of para-hydroxylation sites is 1. The summed E-state index contributed by atoms with van der Waals surface area (Å²) in [5.41, 5.74) is 3.81. The van der Waals surface area contributed by atoms with Gasteiger partial charge in [-0.05, 0) is 67.4 Å². The van der Waals surface area contributed by atoms with Gasteiger partial charge in [0.2, 0.25) is 5.91 Å². The summed E-state index contributed by atoms with van der Waals surface area (Å²) in [5, 5.41) is 4.34. The molecule has 0 bridgehead atoms. The van der Waals surface area contributed by atoms with Gasteiger partial charge in [-0.1, -0.05) is 59.1 Å². The maximum atomic E-state index is 13.5. The van der Waals surface area contributed by atoms with E-state index in [1.807, 2.05) is 42.1 Å². The van der Waals surface area contributed by atoms with Gasteiger partial charge < -0.3 is 19.9 Å². The third-order valence-corrected chi connectivity index (χ3v) is 9.11. The number of methoxy groups -OCH3 is 1. The lowest BCUT2D eigenvalue weighted by atomic mass is 9.80. The third-order valence-electron chi connectivity index (χ3n) is 8.11. The second kappa shape index (κ2) is 12.7. The van der Waals surface area contributed by atoms with Crippen LogP contribution in [-0.2, 0) is 20.9 Å². The smallest absolute Gasteiger partial charge is 0.326 e. The summed E-state index contributed by atoms with van der Waals surface area (Å²) in [5.74, 6) is -0.841. The van der Waals surface area contributed by atoms with Crippen molar-refractivity contribution in [2.45, 2.75) is 31.2 Å². The summed E-state index contributed by atoms with van der Waals surface area (Å²) < 4.78 is 5.02. The Kier molecular flexibility index (Phi) is 9.18. The highest BCUT2D eigenvalue weighted by Crippen LogP contribution is 2.47. The highest BCUT2D eigenvalue weighted by molar-refractivity contribution is 6.40. The number of ether oxygens (including phenoxy) is 1. The number of fused-ring (bicyclic) bond motifs is 1. The fourth-order valence-corrected chi connectivity index (χ4v) is 6.95. The number of hydrogen-bond donors (Lipinski definition) is 1. The first-order valence-electron chi connectivity index (χ1n) is 13.8. The van der Waals surface area contributed by atoms with Crippen LogP contribution in [0.1, 0.15) is 41.4 Å². The first kappa shape index (κ1) is 30.4. The second-order valence-electron chi connectivity index (χ2n) is 11.1. The van der Waals surface area contributed by atoms with E-state index in [4.69, 9.17) is 39.5 Å². The first-order chi connectivity index (χ1) is 20.1. The predicted molar refractivity (Wildman–Crippen MR) is 166 cm³/mol. The Bertz CT molecular complexity index is 1450. The molecule has 11 heteroatoms. The molecular weight excluding hydrogens is 599 g/mol. The molecule has 1 fully saturated rings. The van der Waals surface area contributed by atoms with E-state index in [0.717, 1.165) is 16.7 Å². The molecule has 1 saturated heterocycles. The number of nitrogens with one attached hydrogen (secondary N) is 1. The van der Waals surface area contributed by atoms with E-state index < -0.39 is 0 Å². The van der Waals surface area contributed by atoms with Gasteiger partial charge in [0, 0.05) is 36.5 Å². The molecule has 2 aromatic carbocycles. The van der Waals surface area contributed by atoms with Crippen LogP contribution in [0.4, 0.5) is 16.2 Å². The van der Waals surface area contributed by atoms with Crippen LogP contribution < -0.4 is 10.2 Å². The number of nitrogens with zero attached hydrogens (tertiary/aromatic N) is 3. The molecular formula is C31H33Cl3N4O4. The van der Waals surface area contributed by atoms with Crippen LogP contribution in [0.25, 0.3) is 0 Å². The number of carbonyl (C=O) groups excluding carboxylic acids is 3. The zero-order chi connectivity index (χ0) is 30.1. The van der Waals surface area contributed by atoms with Crippen LogP contribution in [0.15, 0.2) is 53.6 Å². The van der Waals surface area contributed by atoms with Crippen LogP contribution >= 0.6 is 34.8 Å². The number of hydrogen-bond acceptors (Lipinski definition) is 5. The number of rotatable bonds is 7. The molecule has 1 aliphatic carbocycles. The van der Waals surface area contributed by atoms with Gasteiger partial charge in [0.25, 0.3) is 0 Å². The minimum Gasteiger partial charge on any atom is -0.469 e. The molecule has 2 aliphatic heterocycles. The fourth-order valence-electron chi connectivity index (χ4n) is 6.10. The Morgan fingerprint density at radius 1 is 1.12 bits per heavy atom. The van der Waals surface area contributed by atoms with E-state index in [1.165, 1.54) is 12.0 Å². The average molecular weight is 632 g/mol. The van der Waals surface area contributed by atoms with E-state index in [2.05, 4.69) is 17.5 Å². The van der Waals surface area contributed by atoms with E-state index in [-0.39, 0.29) is 48.6 Å². The quantitative estimate of drug-likeness (QED) is 0.369. The monoisotopic (exact) mass is 630 g/mol. The predicted octanol–water partition coefficient (Wildman–Crippen LogP) is 6.19. The number of likely N-dealkylation sites (tertiary alicyclic amines) is 1. The molecule has 8 nitrogen and oxygen atoms in total. The molecule has 5 rings (SSSR count). The summed E-state index contributed by atoms with van der Waals surface area (Å²) in [6, 6.07) is 8.86. The standard InChI is InChI=1S/C31H33Cl3N4O4/c1-36(2)17-28(39)37-15-19(13-29(40)42-3)23(16-37)18-11-21(20-7-4-5-8-24(20)32)22-14-35-31(41)38(27(22)12-18)30-25(33)9-6-10-26(30)34/h4-6,8-12,19-20,23H,7,13-17H2,1-3H3,(H,35,41). The van der Waals surface area contributed by atoms with E-state index in [0.29, 0.717) is 52.5 Å². The number of amides is 3. The lowest BCUT2D eigenvalue weighted by Crippen LogP contribution is -2.42. The Hall–Kier alpha value is -3.04. The van der Waals surface area contributed by atoms with Crippen molar-refractivity contribution >= 4 is 64.1 Å². The van der Waals surface area contributed by atoms with Crippen molar-refractivity contribution < 1.29 is 19.1 Å². The number of benzene rings is 2. The molecule has 2 heterocycles. The Morgan fingerprint density at radius 3 is 2.52 bits per heavy atom. The number of esters is 1. The SMILES string of the molecule is COC(=O)CC1CN(C(=O)CN(C)C)CC1c1cc(C2CC=CC=C2Cl)c2c(c1)N(c1c(Cl)cccc1Cl)C(=O)NC2. The van der Waals surface area contributed by atoms with Gasteiger partial charge in [-0.3, -0.25) is 14.5 Å². The summed E-state index contributed by atoms with van der Waals surface area (Å²) in [6.45, 7) is 1.42. The van der Waals surface area contributed by atoms with Gasteiger partial charge in [-0.25, -0.2) is 4.79 Å². The van der Waals surface area contributed by atoms with E-state index in [1.54, 1.807) is 18.2 Å². The number of anilines is 2. The summed E-state index contributed by atoms with van der Waals surface area (Å²) in [6.07, 6.45) is 6.74. The lowest BCUT2D eigenvalue weighted by Gasteiger charge is -2.35. The molecule has 3 aliphatic rings. The minimum atomic E-state index is -0.355. The third kappa shape index (κ3) is 6.04. The van der Waals surface area contributed by atoms with Crippen molar-refractivity contribution in [2.75, 3.05) is 45.7 Å². The molecule has 3 unspecified atom stereocenters. The van der Waals surface area contributed by atoms with Gasteiger partial charge in [-0.15, -0.1) is 0 Å². The lowest BCUT2D eigenvalue weighted by molar-refractivity contribution is -0.142. The first-order valence-corrected chi connectivity index (χ1v) is 14.9. The Morgan fingerprint density at radius 2 is 1.86 bits per heavy atom. The molecule has 0 spiro atoms. The van der Waals surface area contributed by atoms with E-state index >= 15 is 0 Å². The van der Waals surface area contributed by atoms with E-state index in [9.17, 15) is 14.4 Å². The molecule has 3 atom stereocenters. The van der Waals surface area contributed by atoms with Crippen LogP contribution in [0, 0.1) is 5.92 Å². The molecule has 2 aromatic rings. The van der Waals surface area contributed by atoms with Crippen LogP contribution in [0.5, 0.6) is 0 Å². The second-order valence-corrected chi connectivity index (χ2v) is 12.4. The van der Waals surface area contributed by atoms with Crippen molar-refractivity contribution in [3.63, 3.8) is 0 Å². The zero-order valence-corrected chi connectivity index (χ0v) is 26.0. The van der Waals surface area contributed by atoms with Crippen molar-refractivity contribution in [1.29, 1.82) is 0 Å². The molecule has 0 saturated carbocycles. The highest BCUT2D eigenvalue weighted by Gasteiger charge is 2.40. The number of carbonyl (C=O) groups is 3. The molecule has 1 N–H and O–H groups in total. The van der Waals surface area contributed by atoms with Crippen molar-refractivity contribution in [2.24, 2.45) is 5.92 Å². The molecule has 42 heavy (non-hydrogen) atoms. The molecule has 0 radical (unpaired) electrons. The van der Waals surface area contributed by atoms with Crippen LogP contribution in [0.3, 0.4) is 0 Å². The maximum absolute atomic E-state index is 13.5. The average Bonchev–Trinajstić information content (AvgIpc) is 3.37. The van der Waals surface area contributed by atoms with Crippen LogP contribution in [-0.4, -0.2) is 68.5 Å². The normalized spacial score (nSPS) is 21.7. The van der Waals surface area contributed by atoms with Gasteiger partial charge in [0.05, 0.1) is 41.5 Å². The van der Waals surface area contributed by atoms with Crippen molar-refractivity contribution in [3.8, 4) is 0 Å². The number of halogens is 3. The topological polar surface area (TPSA) is 82.2 Å². The zero-order valence-electron chi connectivity index (χ0n) is 23.7. The number of allylic oxidation sites excluding steroid dienone is 4. The van der Waals surface area contributed by atoms with Gasteiger partial charge in [0.15, 0.2) is 0 Å². The molecule has 3 amide bonds. The minimum absolute atomic E-state index is 0.0113. The van der Waals surface area contributed by atoms with Gasteiger partial charge >= 0.3 is 12.0 Å². The molecule has 222 valence electrons. The number of likely N-dealkylation sites (N-methyl/N-ethyl adjacent to an activating group) is 1. The van der Waals surface area contributed by atoms with Crippen LogP contribution in [0.2, 0.25) is 10.0 Å². The largest absolute Gasteiger partial charge is 0.469 e.